The third-order valence-corrected chi connectivity index (χ3v) is 10.7. The van der Waals surface area contributed by atoms with Crippen molar-refractivity contribution in [1.82, 2.24) is 0 Å². The van der Waals surface area contributed by atoms with Gasteiger partial charge >= 0.3 is 5.97 Å². The van der Waals surface area contributed by atoms with E-state index >= 15 is 0 Å². The number of carbonyl (C=O) groups excluding carboxylic acids is 2. The number of carboxylic acids is 1. The fraction of sp³-hybridized carbons (Fsp3) is 0.885. The van der Waals surface area contributed by atoms with Gasteiger partial charge in [0.15, 0.2) is 0 Å². The summed E-state index contributed by atoms with van der Waals surface area (Å²) >= 11 is 0. The summed E-state index contributed by atoms with van der Waals surface area (Å²) < 4.78 is 11.6. The molecule has 0 heterocycles. The molecule has 0 unspecified atom stereocenters. The molecule has 4 aliphatic rings. The van der Waals surface area contributed by atoms with Gasteiger partial charge in [0.2, 0.25) is 0 Å². The number of ether oxygens (including phenoxy) is 2. The van der Waals surface area contributed by atoms with Crippen LogP contribution in [0.15, 0.2) is 0 Å². The van der Waals surface area contributed by atoms with Crippen LogP contribution in [0.1, 0.15) is 78.6 Å². The normalized spacial score (nSPS) is 47.4. The van der Waals surface area contributed by atoms with Crippen molar-refractivity contribution < 1.29 is 34.1 Å². The van der Waals surface area contributed by atoms with E-state index in [1.807, 2.05) is 0 Å². The second-order valence-corrected chi connectivity index (χ2v) is 11.8. The predicted octanol–water partition coefficient (Wildman–Crippen LogP) is 3.81. The molecule has 0 radical (unpaired) electrons. The summed E-state index contributed by atoms with van der Waals surface area (Å²) in [6.45, 7) is 7.86. The van der Waals surface area contributed by atoms with Gasteiger partial charge in [0.05, 0.1) is 6.10 Å². The SMILES string of the molecule is C[C@H](CCC(=O)O)[C@@H]1CC[C@@H]2[C@H]3[C@H](OC=O)C[C@H]4C[C@H](O)CC[C@]4(C)[C@H]3C[C@H](OC=O)[C@@]21C. The molecular formula is C26H40O7. The summed E-state index contributed by atoms with van der Waals surface area (Å²) in [6, 6.07) is 0. The zero-order chi connectivity index (χ0) is 24.0. The Morgan fingerprint density at radius 3 is 2.45 bits per heavy atom. The van der Waals surface area contributed by atoms with Crippen molar-refractivity contribution in [1.29, 1.82) is 0 Å². The Morgan fingerprint density at radius 1 is 1.06 bits per heavy atom. The number of hydrogen-bond donors (Lipinski definition) is 2. The van der Waals surface area contributed by atoms with E-state index in [1.165, 1.54) is 0 Å². The number of aliphatic hydroxyl groups is 1. The average molecular weight is 465 g/mol. The Morgan fingerprint density at radius 2 is 1.79 bits per heavy atom. The largest absolute Gasteiger partial charge is 0.481 e. The van der Waals surface area contributed by atoms with Crippen LogP contribution in [-0.4, -0.2) is 47.4 Å². The Labute approximate surface area is 196 Å². The van der Waals surface area contributed by atoms with Crippen LogP contribution in [0.3, 0.4) is 0 Å². The monoisotopic (exact) mass is 464 g/mol. The van der Waals surface area contributed by atoms with Gasteiger partial charge < -0.3 is 19.7 Å². The molecule has 0 amide bonds. The number of carbonyl (C=O) groups is 3. The van der Waals surface area contributed by atoms with E-state index in [2.05, 4.69) is 20.8 Å². The molecule has 0 aromatic heterocycles. The maximum Gasteiger partial charge on any atom is 0.303 e. The lowest BCUT2D eigenvalue weighted by Gasteiger charge is -2.64. The molecule has 33 heavy (non-hydrogen) atoms. The number of fused-ring (bicyclic) bond motifs is 5. The van der Waals surface area contributed by atoms with Crippen LogP contribution >= 0.6 is 0 Å². The van der Waals surface area contributed by atoms with Gasteiger partial charge in [0.25, 0.3) is 12.9 Å². The molecule has 2 N–H and O–H groups in total. The predicted molar refractivity (Wildman–Crippen MR) is 120 cm³/mol. The summed E-state index contributed by atoms with van der Waals surface area (Å²) in [5.41, 5.74) is -0.257. The van der Waals surface area contributed by atoms with E-state index in [0.717, 1.165) is 44.9 Å². The summed E-state index contributed by atoms with van der Waals surface area (Å²) in [5.74, 6) is 0.644. The van der Waals surface area contributed by atoms with Crippen molar-refractivity contribution in [2.75, 3.05) is 0 Å². The van der Waals surface area contributed by atoms with Gasteiger partial charge in [-0.05, 0) is 86.4 Å². The lowest BCUT2D eigenvalue weighted by molar-refractivity contribution is -0.217. The van der Waals surface area contributed by atoms with Crippen molar-refractivity contribution in [3.8, 4) is 0 Å². The maximum atomic E-state index is 11.6. The number of aliphatic hydroxyl groups excluding tert-OH is 1. The summed E-state index contributed by atoms with van der Waals surface area (Å²) in [5, 5.41) is 19.6. The third kappa shape index (κ3) is 3.98. The van der Waals surface area contributed by atoms with E-state index in [0.29, 0.717) is 19.4 Å². The highest BCUT2D eigenvalue weighted by atomic mass is 16.5. The van der Waals surface area contributed by atoms with Crippen LogP contribution in [0.2, 0.25) is 0 Å². The molecule has 0 bridgehead atoms. The molecule has 186 valence electrons. The van der Waals surface area contributed by atoms with Gasteiger partial charge in [-0.3, -0.25) is 14.4 Å². The Balaban J connectivity index is 1.70. The van der Waals surface area contributed by atoms with Crippen molar-refractivity contribution in [3.05, 3.63) is 0 Å². The molecule has 0 aromatic carbocycles. The smallest absolute Gasteiger partial charge is 0.303 e. The molecule has 0 spiro atoms. The van der Waals surface area contributed by atoms with Gasteiger partial charge in [-0.15, -0.1) is 0 Å². The zero-order valence-electron chi connectivity index (χ0n) is 20.2. The molecule has 4 rings (SSSR count). The molecular weight excluding hydrogens is 424 g/mol. The first-order valence-electron chi connectivity index (χ1n) is 12.7. The highest BCUT2D eigenvalue weighted by Crippen LogP contribution is 2.69. The summed E-state index contributed by atoms with van der Waals surface area (Å²) in [6.07, 6.45) is 5.92. The van der Waals surface area contributed by atoms with Crippen LogP contribution in [-0.2, 0) is 23.9 Å². The highest BCUT2D eigenvalue weighted by Gasteiger charge is 2.67. The second kappa shape index (κ2) is 9.20. The molecule has 4 fully saturated rings. The quantitative estimate of drug-likeness (QED) is 0.526. The van der Waals surface area contributed by atoms with Crippen LogP contribution < -0.4 is 0 Å². The second-order valence-electron chi connectivity index (χ2n) is 11.8. The fourth-order valence-electron chi connectivity index (χ4n) is 9.12. The van der Waals surface area contributed by atoms with Crippen molar-refractivity contribution in [2.45, 2.75) is 96.9 Å². The minimum absolute atomic E-state index is 0.0193. The number of aliphatic carboxylic acids is 1. The zero-order valence-corrected chi connectivity index (χ0v) is 20.2. The van der Waals surface area contributed by atoms with Crippen molar-refractivity contribution >= 4 is 18.9 Å². The van der Waals surface area contributed by atoms with Crippen molar-refractivity contribution in [2.24, 2.45) is 46.3 Å². The summed E-state index contributed by atoms with van der Waals surface area (Å²) in [7, 11) is 0. The molecule has 7 nitrogen and oxygen atoms in total. The molecule has 4 aliphatic carbocycles. The van der Waals surface area contributed by atoms with Crippen molar-refractivity contribution in [3.63, 3.8) is 0 Å². The van der Waals surface area contributed by atoms with Crippen LogP contribution in [0.4, 0.5) is 0 Å². The number of hydrogen-bond acceptors (Lipinski definition) is 6. The van der Waals surface area contributed by atoms with Gasteiger partial charge in [-0.1, -0.05) is 20.8 Å². The Kier molecular flexibility index (Phi) is 6.83. The molecule has 0 aliphatic heterocycles. The van der Waals surface area contributed by atoms with Gasteiger partial charge in [0.1, 0.15) is 12.2 Å². The maximum absolute atomic E-state index is 11.6. The number of rotatable bonds is 8. The number of carboxylic acid groups (broad SMARTS) is 1. The van der Waals surface area contributed by atoms with E-state index < -0.39 is 5.97 Å². The van der Waals surface area contributed by atoms with Crippen LogP contribution in [0.5, 0.6) is 0 Å². The van der Waals surface area contributed by atoms with E-state index in [1.54, 1.807) is 0 Å². The third-order valence-electron chi connectivity index (χ3n) is 10.7. The first-order valence-corrected chi connectivity index (χ1v) is 12.7. The Bertz CT molecular complexity index is 755. The standard InChI is InChI=1S/C26H40O7/c1-15(4-7-23(30)31)18-5-6-19-24-20(12-22(33-14-28)26(18,19)3)25(2)9-8-17(29)10-16(25)11-21(24)32-13-27/h13-22,24,29H,4-12H2,1-3H3,(H,30,31)/t15-,16-,17-,18+,19-,20+,21-,22+,24-,25+,26-/m1/s1. The lowest BCUT2D eigenvalue weighted by Crippen LogP contribution is -2.63. The van der Waals surface area contributed by atoms with Gasteiger partial charge in [-0.2, -0.15) is 0 Å². The Hall–Kier alpha value is -1.63. The van der Waals surface area contributed by atoms with Gasteiger partial charge in [0, 0.05) is 17.8 Å². The minimum atomic E-state index is -0.781. The topological polar surface area (TPSA) is 110 Å². The van der Waals surface area contributed by atoms with Crippen LogP contribution in [0.25, 0.3) is 0 Å². The lowest BCUT2D eigenvalue weighted by atomic mass is 9.43. The first kappa shape index (κ1) is 24.5. The highest BCUT2D eigenvalue weighted by molar-refractivity contribution is 5.66. The molecule has 0 aromatic rings. The fourth-order valence-corrected chi connectivity index (χ4v) is 9.12. The molecule has 7 heteroatoms. The molecule has 11 atom stereocenters. The first-order chi connectivity index (χ1) is 15.7. The van der Waals surface area contributed by atoms with Crippen LogP contribution in [0, 0.1) is 46.3 Å². The van der Waals surface area contributed by atoms with Gasteiger partial charge in [-0.25, -0.2) is 0 Å². The molecule has 4 saturated carbocycles. The van der Waals surface area contributed by atoms with E-state index in [4.69, 9.17) is 9.47 Å². The average Bonchev–Trinajstić information content (AvgIpc) is 3.12. The molecule has 0 saturated heterocycles. The van der Waals surface area contributed by atoms with E-state index in [9.17, 15) is 24.6 Å². The summed E-state index contributed by atoms with van der Waals surface area (Å²) in [4.78, 5) is 34.3. The van der Waals surface area contributed by atoms with E-state index in [-0.39, 0.29) is 71.1 Å². The minimum Gasteiger partial charge on any atom is -0.481 e.